The van der Waals surface area contributed by atoms with Crippen LogP contribution in [0.4, 0.5) is 5.82 Å². The number of piperidine rings is 1. The number of likely N-dealkylation sites (tertiary alicyclic amines) is 1. The van der Waals surface area contributed by atoms with Gasteiger partial charge in [0.25, 0.3) is 0 Å². The van der Waals surface area contributed by atoms with Crippen LogP contribution in [0.25, 0.3) is 32.5 Å². The van der Waals surface area contributed by atoms with Crippen LogP contribution in [0.1, 0.15) is 22.7 Å². The number of thiazole rings is 1. The second kappa shape index (κ2) is 12.7. The molecule has 7 rings (SSSR count). The Kier molecular flexibility index (Phi) is 8.46. The molecule has 0 saturated carbocycles. The fourth-order valence-electron chi connectivity index (χ4n) is 6.20. The molecule has 1 N–H and O–H groups in total. The number of nitrogens with zero attached hydrogens (tertiary/aromatic N) is 6. The third-order valence-electron chi connectivity index (χ3n) is 8.41. The fourth-order valence-corrected chi connectivity index (χ4v) is 8.00. The van der Waals surface area contributed by atoms with Crippen molar-refractivity contribution >= 4 is 49.6 Å². The highest BCUT2D eigenvalue weighted by atomic mass is 32.1. The predicted octanol–water partition coefficient (Wildman–Crippen LogP) is 5.25. The zero-order valence-corrected chi connectivity index (χ0v) is 25.6. The summed E-state index contributed by atoms with van der Waals surface area (Å²) in [6.07, 6.45) is 6.20. The van der Waals surface area contributed by atoms with Gasteiger partial charge in [0.2, 0.25) is 0 Å². The van der Waals surface area contributed by atoms with Crippen LogP contribution >= 0.6 is 22.7 Å². The molecule has 0 unspecified atom stereocenters. The van der Waals surface area contributed by atoms with Crippen molar-refractivity contribution in [3.8, 4) is 11.4 Å². The van der Waals surface area contributed by atoms with Crippen molar-refractivity contribution in [2.24, 2.45) is 0 Å². The number of ether oxygens (including phenoxy) is 2. The molecule has 42 heavy (non-hydrogen) atoms. The van der Waals surface area contributed by atoms with E-state index in [-0.39, 0.29) is 0 Å². The molecule has 0 amide bonds. The van der Waals surface area contributed by atoms with Crippen molar-refractivity contribution in [1.82, 2.24) is 29.7 Å². The number of morpholine rings is 1. The van der Waals surface area contributed by atoms with Crippen molar-refractivity contribution in [2.45, 2.75) is 32.0 Å². The molecule has 2 saturated heterocycles. The van der Waals surface area contributed by atoms with E-state index >= 15 is 0 Å². The Balaban J connectivity index is 1.11. The average molecular weight is 604 g/mol. The van der Waals surface area contributed by atoms with Crippen molar-refractivity contribution in [3.05, 3.63) is 58.0 Å². The predicted molar refractivity (Wildman–Crippen MR) is 170 cm³/mol. The minimum atomic E-state index is 0.556. The van der Waals surface area contributed by atoms with E-state index in [2.05, 4.69) is 60.4 Å². The normalized spacial score (nSPS) is 17.2. The monoisotopic (exact) mass is 603 g/mol. The number of aromatic nitrogens is 4. The highest BCUT2D eigenvalue weighted by Crippen LogP contribution is 2.36. The number of hydrogen-bond acceptors (Lipinski definition) is 10. The number of aromatic amines is 1. The summed E-state index contributed by atoms with van der Waals surface area (Å²) < 4.78 is 12.3. The summed E-state index contributed by atoms with van der Waals surface area (Å²) >= 11 is 3.59. The number of hydrogen-bond donors (Lipinski definition) is 1. The summed E-state index contributed by atoms with van der Waals surface area (Å²) in [6.45, 7) is 8.87. The van der Waals surface area contributed by atoms with Gasteiger partial charge in [0, 0.05) is 91.5 Å². The smallest absolute Gasteiger partial charge is 0.162 e. The van der Waals surface area contributed by atoms with Gasteiger partial charge in [-0.25, -0.2) is 15.0 Å². The number of benzene rings is 1. The van der Waals surface area contributed by atoms with E-state index in [4.69, 9.17) is 19.4 Å². The molecule has 2 aliphatic heterocycles. The average Bonchev–Trinajstić information content (AvgIpc) is 3.81. The van der Waals surface area contributed by atoms with Gasteiger partial charge in [-0.3, -0.25) is 9.80 Å². The number of rotatable bonds is 10. The van der Waals surface area contributed by atoms with Crippen LogP contribution in [0, 0.1) is 0 Å². The van der Waals surface area contributed by atoms with Crippen molar-refractivity contribution in [1.29, 1.82) is 0 Å². The highest BCUT2D eigenvalue weighted by Gasteiger charge is 2.26. The fraction of sp³-hybridized carbons (Fsp3) is 0.452. The van der Waals surface area contributed by atoms with E-state index in [9.17, 15) is 0 Å². The van der Waals surface area contributed by atoms with E-state index < -0.39 is 0 Å². The first-order valence-corrected chi connectivity index (χ1v) is 16.5. The molecule has 11 heteroatoms. The standard InChI is InChI=1S/C31H37N7O2S2/c1-39-15-12-38(21-28-33-9-18-41-28)22-6-10-36(11-7-22)20-23-19-27-29(42-23)31(37-13-16-40-17-14-37)35-30(34-27)25-3-2-4-26-24(25)5-8-32-26/h2-5,8-9,18-19,22,32H,6-7,10-17,20-21H2,1H3. The number of thiophene rings is 1. The summed E-state index contributed by atoms with van der Waals surface area (Å²) in [7, 11) is 1.79. The van der Waals surface area contributed by atoms with E-state index in [1.807, 2.05) is 23.7 Å². The molecule has 6 heterocycles. The van der Waals surface area contributed by atoms with Gasteiger partial charge < -0.3 is 19.4 Å². The Morgan fingerprint density at radius 3 is 2.81 bits per heavy atom. The summed E-state index contributed by atoms with van der Waals surface area (Å²) in [6, 6.07) is 11.3. The second-order valence-corrected chi connectivity index (χ2v) is 13.2. The first-order valence-electron chi connectivity index (χ1n) is 14.8. The zero-order valence-electron chi connectivity index (χ0n) is 24.0. The van der Waals surface area contributed by atoms with Crippen molar-refractivity contribution < 1.29 is 9.47 Å². The number of H-pyrrole nitrogens is 1. The number of nitrogens with one attached hydrogen (secondary N) is 1. The summed E-state index contributed by atoms with van der Waals surface area (Å²) in [4.78, 5) is 27.1. The number of methoxy groups -OCH3 is 1. The Labute approximate surface area is 254 Å². The maximum absolute atomic E-state index is 5.67. The van der Waals surface area contributed by atoms with Gasteiger partial charge >= 0.3 is 0 Å². The van der Waals surface area contributed by atoms with E-state index in [1.54, 1.807) is 18.4 Å². The molecule has 4 aromatic heterocycles. The molecule has 9 nitrogen and oxygen atoms in total. The molecule has 1 aromatic carbocycles. The topological polar surface area (TPSA) is 82.6 Å². The van der Waals surface area contributed by atoms with Gasteiger partial charge in [-0.05, 0) is 31.0 Å². The quantitative estimate of drug-likeness (QED) is 0.232. The third-order valence-corrected chi connectivity index (χ3v) is 10.3. The first-order chi connectivity index (χ1) is 20.7. The molecule has 0 spiro atoms. The van der Waals surface area contributed by atoms with Crippen LogP contribution in [0.3, 0.4) is 0 Å². The van der Waals surface area contributed by atoms with Gasteiger partial charge in [-0.1, -0.05) is 12.1 Å². The lowest BCUT2D eigenvalue weighted by Gasteiger charge is -2.38. The van der Waals surface area contributed by atoms with E-state index in [1.165, 1.54) is 14.6 Å². The van der Waals surface area contributed by atoms with Crippen LogP contribution in [0.2, 0.25) is 0 Å². The Hall–Kier alpha value is -2.93. The lowest BCUT2D eigenvalue weighted by Crippen LogP contribution is -2.45. The van der Waals surface area contributed by atoms with Gasteiger partial charge in [0.15, 0.2) is 11.6 Å². The van der Waals surface area contributed by atoms with Crippen LogP contribution in [0.15, 0.2) is 48.1 Å². The van der Waals surface area contributed by atoms with Gasteiger partial charge in [0.1, 0.15) is 5.01 Å². The third kappa shape index (κ3) is 5.95. The number of fused-ring (bicyclic) bond motifs is 2. The first kappa shape index (κ1) is 27.9. The maximum Gasteiger partial charge on any atom is 0.162 e. The summed E-state index contributed by atoms with van der Waals surface area (Å²) in [5, 5.41) is 4.40. The SMILES string of the molecule is COCCN(Cc1nccs1)C1CCN(Cc2cc3nc(-c4cccc5[nH]ccc45)nc(N4CCOCC4)c3s2)CC1. The van der Waals surface area contributed by atoms with Crippen molar-refractivity contribution in [3.63, 3.8) is 0 Å². The van der Waals surface area contributed by atoms with Crippen LogP contribution in [0.5, 0.6) is 0 Å². The van der Waals surface area contributed by atoms with Gasteiger partial charge in [-0.15, -0.1) is 22.7 Å². The van der Waals surface area contributed by atoms with Gasteiger partial charge in [0.05, 0.1) is 36.6 Å². The largest absolute Gasteiger partial charge is 0.383 e. The van der Waals surface area contributed by atoms with Crippen LogP contribution in [-0.4, -0.2) is 95.4 Å². The molecule has 0 aliphatic carbocycles. The molecule has 5 aromatic rings. The second-order valence-electron chi connectivity index (χ2n) is 11.0. The highest BCUT2D eigenvalue weighted by molar-refractivity contribution is 7.19. The van der Waals surface area contributed by atoms with Crippen molar-refractivity contribution in [2.75, 3.05) is 64.6 Å². The molecular weight excluding hydrogens is 567 g/mol. The molecule has 220 valence electrons. The minimum Gasteiger partial charge on any atom is -0.383 e. The maximum atomic E-state index is 5.67. The molecule has 2 aliphatic rings. The van der Waals surface area contributed by atoms with Crippen LogP contribution < -0.4 is 4.90 Å². The minimum absolute atomic E-state index is 0.556. The lowest BCUT2D eigenvalue weighted by molar-refractivity contribution is 0.0719. The Morgan fingerprint density at radius 1 is 1.12 bits per heavy atom. The molecule has 0 atom stereocenters. The lowest BCUT2D eigenvalue weighted by atomic mass is 10.0. The summed E-state index contributed by atoms with van der Waals surface area (Å²) in [5.74, 6) is 1.83. The zero-order chi connectivity index (χ0) is 28.3. The number of anilines is 1. The molecule has 0 bridgehead atoms. The molecule has 2 fully saturated rings. The van der Waals surface area contributed by atoms with Gasteiger partial charge in [-0.2, -0.15) is 0 Å². The Bertz CT molecular complexity index is 1600. The van der Waals surface area contributed by atoms with Crippen LogP contribution in [-0.2, 0) is 22.6 Å². The molecular formula is C31H37N7O2S2. The Morgan fingerprint density at radius 2 is 2.00 bits per heavy atom. The van der Waals surface area contributed by atoms with E-state index in [0.29, 0.717) is 6.04 Å². The summed E-state index contributed by atoms with van der Waals surface area (Å²) in [5.41, 5.74) is 3.21. The van der Waals surface area contributed by atoms with E-state index in [0.717, 1.165) is 112 Å². The molecule has 0 radical (unpaired) electrons.